The molecule has 0 heterocycles. The van der Waals surface area contributed by atoms with Gasteiger partial charge in [-0.25, -0.2) is 4.39 Å². The van der Waals surface area contributed by atoms with Crippen LogP contribution in [-0.4, -0.2) is 19.3 Å². The molecule has 0 amide bonds. The standard InChI is InChI=1S/C20H25FO3/c1-11(2)16-9-14(10-17(21)20(16)24-6)19(23-5)18-12(3)7-15(22)8-13(18)4/h7-11,19,22H,1-6H3. The Kier molecular flexibility index (Phi) is 5.50. The number of hydrogen-bond donors (Lipinski definition) is 1. The lowest BCUT2D eigenvalue weighted by atomic mass is 9.90. The molecule has 0 aromatic heterocycles. The van der Waals surface area contributed by atoms with Gasteiger partial charge >= 0.3 is 0 Å². The normalized spacial score (nSPS) is 12.5. The van der Waals surface area contributed by atoms with E-state index in [1.165, 1.54) is 13.2 Å². The number of halogens is 1. The van der Waals surface area contributed by atoms with E-state index in [1.54, 1.807) is 19.2 Å². The molecule has 130 valence electrons. The van der Waals surface area contributed by atoms with Crippen LogP contribution >= 0.6 is 0 Å². The van der Waals surface area contributed by atoms with Crippen molar-refractivity contribution in [2.45, 2.75) is 39.7 Å². The third-order valence-electron chi connectivity index (χ3n) is 4.30. The molecule has 0 saturated carbocycles. The Bertz CT molecular complexity index is 715. The van der Waals surface area contributed by atoms with Crippen LogP contribution in [0.3, 0.4) is 0 Å². The molecule has 0 aliphatic carbocycles. The van der Waals surface area contributed by atoms with Crippen LogP contribution in [0.2, 0.25) is 0 Å². The lowest BCUT2D eigenvalue weighted by molar-refractivity contribution is 0.135. The van der Waals surface area contributed by atoms with Crippen molar-refractivity contribution in [3.05, 3.63) is 57.9 Å². The average Bonchev–Trinajstić information content (AvgIpc) is 2.49. The minimum atomic E-state index is -0.413. The molecule has 3 nitrogen and oxygen atoms in total. The van der Waals surface area contributed by atoms with E-state index in [9.17, 15) is 9.50 Å². The van der Waals surface area contributed by atoms with Crippen LogP contribution in [0.25, 0.3) is 0 Å². The summed E-state index contributed by atoms with van der Waals surface area (Å²) in [4.78, 5) is 0. The zero-order valence-corrected chi connectivity index (χ0v) is 15.1. The number of methoxy groups -OCH3 is 2. The van der Waals surface area contributed by atoms with Crippen LogP contribution in [0.5, 0.6) is 11.5 Å². The number of benzene rings is 2. The first kappa shape index (κ1) is 18.3. The third kappa shape index (κ3) is 3.39. The fourth-order valence-electron chi connectivity index (χ4n) is 3.22. The molecule has 2 aromatic carbocycles. The Morgan fingerprint density at radius 3 is 2.04 bits per heavy atom. The lowest BCUT2D eigenvalue weighted by Crippen LogP contribution is -2.10. The summed E-state index contributed by atoms with van der Waals surface area (Å²) in [7, 11) is 3.08. The molecular weight excluding hydrogens is 307 g/mol. The Labute approximate surface area is 143 Å². The second-order valence-corrected chi connectivity index (χ2v) is 6.39. The average molecular weight is 332 g/mol. The van der Waals surface area contributed by atoms with Crippen molar-refractivity contribution in [3.8, 4) is 11.5 Å². The van der Waals surface area contributed by atoms with E-state index in [1.807, 2.05) is 33.8 Å². The molecule has 24 heavy (non-hydrogen) atoms. The highest BCUT2D eigenvalue weighted by molar-refractivity contribution is 5.48. The highest BCUT2D eigenvalue weighted by Gasteiger charge is 2.23. The predicted octanol–water partition coefficient (Wildman–Crippen LogP) is 5.02. The van der Waals surface area contributed by atoms with Gasteiger partial charge in [0, 0.05) is 12.7 Å². The van der Waals surface area contributed by atoms with Crippen molar-refractivity contribution >= 4 is 0 Å². The van der Waals surface area contributed by atoms with E-state index >= 15 is 0 Å². The van der Waals surface area contributed by atoms with Gasteiger partial charge in [0.15, 0.2) is 11.6 Å². The van der Waals surface area contributed by atoms with Gasteiger partial charge in [0.25, 0.3) is 0 Å². The molecule has 0 spiro atoms. The maximum absolute atomic E-state index is 14.5. The van der Waals surface area contributed by atoms with E-state index in [4.69, 9.17) is 9.47 Å². The number of hydrogen-bond acceptors (Lipinski definition) is 3. The van der Waals surface area contributed by atoms with Gasteiger partial charge in [0.1, 0.15) is 11.9 Å². The van der Waals surface area contributed by atoms with Gasteiger partial charge in [-0.05, 0) is 66.3 Å². The van der Waals surface area contributed by atoms with E-state index in [0.29, 0.717) is 0 Å². The van der Waals surface area contributed by atoms with E-state index in [-0.39, 0.29) is 17.4 Å². The molecule has 0 saturated heterocycles. The Hall–Kier alpha value is -2.07. The minimum absolute atomic E-state index is 0.119. The Balaban J connectivity index is 2.65. The van der Waals surface area contributed by atoms with Crippen LogP contribution in [-0.2, 0) is 4.74 Å². The highest BCUT2D eigenvalue weighted by atomic mass is 19.1. The number of phenolic OH excluding ortho intramolecular Hbond substituents is 1. The van der Waals surface area contributed by atoms with Crippen LogP contribution < -0.4 is 4.74 Å². The molecule has 1 atom stereocenters. The summed E-state index contributed by atoms with van der Waals surface area (Å²) in [6.45, 7) is 7.83. The highest BCUT2D eigenvalue weighted by Crippen LogP contribution is 2.37. The van der Waals surface area contributed by atoms with Gasteiger partial charge in [-0.15, -0.1) is 0 Å². The second kappa shape index (κ2) is 7.22. The molecule has 1 N–H and O–H groups in total. The molecule has 0 bridgehead atoms. The van der Waals surface area contributed by atoms with Crippen molar-refractivity contribution in [2.75, 3.05) is 14.2 Å². The number of ether oxygens (including phenoxy) is 2. The molecule has 1 unspecified atom stereocenters. The van der Waals surface area contributed by atoms with Crippen LogP contribution in [0.4, 0.5) is 4.39 Å². The zero-order chi connectivity index (χ0) is 18.0. The van der Waals surface area contributed by atoms with Gasteiger partial charge < -0.3 is 14.6 Å². The molecule has 0 aliphatic heterocycles. The predicted molar refractivity (Wildman–Crippen MR) is 93.5 cm³/mol. The quantitative estimate of drug-likeness (QED) is 0.836. The van der Waals surface area contributed by atoms with E-state index in [2.05, 4.69) is 0 Å². The maximum atomic E-state index is 14.5. The van der Waals surface area contributed by atoms with Crippen molar-refractivity contribution in [3.63, 3.8) is 0 Å². The molecule has 0 radical (unpaired) electrons. The summed E-state index contributed by atoms with van der Waals surface area (Å²) in [5.74, 6) is 0.221. The van der Waals surface area contributed by atoms with Gasteiger partial charge in [-0.2, -0.15) is 0 Å². The van der Waals surface area contributed by atoms with Gasteiger partial charge in [-0.3, -0.25) is 0 Å². The van der Waals surface area contributed by atoms with Crippen molar-refractivity contribution in [2.24, 2.45) is 0 Å². The van der Waals surface area contributed by atoms with Crippen molar-refractivity contribution in [1.82, 2.24) is 0 Å². The van der Waals surface area contributed by atoms with Crippen LogP contribution in [0.1, 0.15) is 53.7 Å². The molecule has 2 aromatic rings. The van der Waals surface area contributed by atoms with Gasteiger partial charge in [0.2, 0.25) is 0 Å². The molecule has 0 aliphatic rings. The molecular formula is C20H25FO3. The van der Waals surface area contributed by atoms with Gasteiger partial charge in [0.05, 0.1) is 7.11 Å². The number of phenols is 1. The summed E-state index contributed by atoms with van der Waals surface area (Å²) in [6, 6.07) is 6.78. The summed E-state index contributed by atoms with van der Waals surface area (Å²) in [5, 5.41) is 9.76. The molecule has 2 rings (SSSR count). The second-order valence-electron chi connectivity index (χ2n) is 6.39. The molecule has 0 fully saturated rings. The largest absolute Gasteiger partial charge is 0.508 e. The topological polar surface area (TPSA) is 38.7 Å². The summed E-state index contributed by atoms with van der Waals surface area (Å²) in [6.07, 6.45) is -0.413. The first-order valence-corrected chi connectivity index (χ1v) is 8.00. The minimum Gasteiger partial charge on any atom is -0.508 e. The van der Waals surface area contributed by atoms with E-state index in [0.717, 1.165) is 27.8 Å². The fraction of sp³-hybridized carbons (Fsp3) is 0.400. The zero-order valence-electron chi connectivity index (χ0n) is 15.1. The van der Waals surface area contributed by atoms with E-state index < -0.39 is 11.9 Å². The first-order chi connectivity index (χ1) is 11.3. The Morgan fingerprint density at radius 2 is 1.58 bits per heavy atom. The van der Waals surface area contributed by atoms with Crippen molar-refractivity contribution < 1.29 is 19.0 Å². The SMILES string of the molecule is COc1c(F)cc(C(OC)c2c(C)cc(O)cc2C)cc1C(C)C. The first-order valence-electron chi connectivity index (χ1n) is 8.00. The summed E-state index contributed by atoms with van der Waals surface area (Å²) >= 11 is 0. The number of aromatic hydroxyl groups is 1. The third-order valence-corrected chi connectivity index (χ3v) is 4.30. The van der Waals surface area contributed by atoms with Crippen molar-refractivity contribution in [1.29, 1.82) is 0 Å². The lowest BCUT2D eigenvalue weighted by Gasteiger charge is -2.23. The summed E-state index contributed by atoms with van der Waals surface area (Å²) in [5.41, 5.74) is 4.29. The van der Waals surface area contributed by atoms with Crippen LogP contribution in [0.15, 0.2) is 24.3 Å². The molecule has 4 heteroatoms. The fourth-order valence-corrected chi connectivity index (χ4v) is 3.22. The monoisotopic (exact) mass is 332 g/mol. The number of aryl methyl sites for hydroxylation is 2. The Morgan fingerprint density at radius 1 is 1.00 bits per heavy atom. The van der Waals surface area contributed by atoms with Crippen LogP contribution in [0, 0.1) is 19.7 Å². The number of rotatable bonds is 5. The summed E-state index contributed by atoms with van der Waals surface area (Å²) < 4.78 is 25.5. The van der Waals surface area contributed by atoms with Gasteiger partial charge in [-0.1, -0.05) is 13.8 Å². The maximum Gasteiger partial charge on any atom is 0.165 e. The smallest absolute Gasteiger partial charge is 0.165 e.